The third-order valence-electron chi connectivity index (χ3n) is 4.20. The van der Waals surface area contributed by atoms with Crippen LogP contribution in [0.1, 0.15) is 89.2 Å². The highest BCUT2D eigenvalue weighted by molar-refractivity contribution is 5.25. The number of unbranched alkanes of at least 4 members (excludes halogenated alkanes) is 9. The van der Waals surface area contributed by atoms with Crippen molar-refractivity contribution in [2.75, 3.05) is 0 Å². The van der Waals surface area contributed by atoms with E-state index in [0.717, 1.165) is 6.42 Å². The van der Waals surface area contributed by atoms with E-state index < -0.39 is 0 Å². The van der Waals surface area contributed by atoms with E-state index in [4.69, 9.17) is 0 Å². The average Bonchev–Trinajstić information content (AvgIpc) is 2.49. The average molecular weight is 273 g/mol. The molecule has 0 fully saturated rings. The zero-order chi connectivity index (χ0) is 14.5. The topological polar surface area (TPSA) is 0 Å². The van der Waals surface area contributed by atoms with Gasteiger partial charge in [-0.3, -0.25) is 0 Å². The summed E-state index contributed by atoms with van der Waals surface area (Å²) in [5.74, 6) is 0. The Balaban J connectivity index is 1.97. The maximum absolute atomic E-state index is 3.42. The summed E-state index contributed by atoms with van der Waals surface area (Å²) in [5, 5.41) is 0. The molecule has 1 radical (unpaired) electrons. The van der Waals surface area contributed by atoms with Gasteiger partial charge in [0.2, 0.25) is 0 Å². The van der Waals surface area contributed by atoms with Crippen LogP contribution in [0.15, 0.2) is 18.2 Å². The van der Waals surface area contributed by atoms with E-state index in [-0.39, 0.29) is 0 Å². The first kappa shape index (κ1) is 17.3. The van der Waals surface area contributed by atoms with Crippen LogP contribution in [0, 0.1) is 6.07 Å². The van der Waals surface area contributed by atoms with Gasteiger partial charge in [0.25, 0.3) is 0 Å². The van der Waals surface area contributed by atoms with Crippen LogP contribution in [-0.4, -0.2) is 0 Å². The summed E-state index contributed by atoms with van der Waals surface area (Å²) in [7, 11) is 0. The van der Waals surface area contributed by atoms with Gasteiger partial charge in [0.05, 0.1) is 0 Å². The predicted molar refractivity (Wildman–Crippen MR) is 90.2 cm³/mol. The molecule has 0 heteroatoms. The molecule has 0 spiro atoms. The molecular weight excluding hydrogens is 240 g/mol. The van der Waals surface area contributed by atoms with Gasteiger partial charge in [0.15, 0.2) is 0 Å². The second-order valence-electron chi connectivity index (χ2n) is 5.96. The summed E-state index contributed by atoms with van der Waals surface area (Å²) >= 11 is 0. The standard InChI is InChI=1S/C20H33/c1-3-5-6-7-8-9-10-11-12-13-17-20-18-15-14-16-19(20)4-2/h14-16H,3-13,17H2,1-2H3. The molecule has 1 aromatic rings. The molecule has 0 saturated carbocycles. The minimum absolute atomic E-state index is 1.14. The van der Waals surface area contributed by atoms with Gasteiger partial charge in [0.1, 0.15) is 0 Å². The fraction of sp³-hybridized carbons (Fsp3) is 0.700. The maximum atomic E-state index is 3.42. The van der Waals surface area contributed by atoms with Gasteiger partial charge in [-0.25, -0.2) is 0 Å². The van der Waals surface area contributed by atoms with E-state index >= 15 is 0 Å². The minimum Gasteiger partial charge on any atom is -0.0654 e. The lowest BCUT2D eigenvalue weighted by atomic mass is 9.99. The quantitative estimate of drug-likeness (QED) is 0.381. The van der Waals surface area contributed by atoms with Crippen molar-refractivity contribution in [2.24, 2.45) is 0 Å². The predicted octanol–water partition coefficient (Wildman–Crippen LogP) is 6.51. The van der Waals surface area contributed by atoms with Crippen molar-refractivity contribution in [3.05, 3.63) is 35.4 Å². The number of hydrogen-bond donors (Lipinski definition) is 0. The van der Waals surface area contributed by atoms with Crippen LogP contribution in [0.4, 0.5) is 0 Å². The van der Waals surface area contributed by atoms with Crippen LogP contribution in [0.25, 0.3) is 0 Å². The van der Waals surface area contributed by atoms with Crippen LogP contribution in [-0.2, 0) is 12.8 Å². The molecule has 0 atom stereocenters. The van der Waals surface area contributed by atoms with Crippen LogP contribution >= 0.6 is 0 Å². The third kappa shape index (κ3) is 7.72. The Kier molecular flexibility index (Phi) is 10.4. The van der Waals surface area contributed by atoms with Crippen LogP contribution in [0.3, 0.4) is 0 Å². The van der Waals surface area contributed by atoms with E-state index in [1.165, 1.54) is 81.8 Å². The van der Waals surface area contributed by atoms with Gasteiger partial charge in [-0.15, -0.1) is 0 Å². The first-order valence-corrected chi connectivity index (χ1v) is 8.87. The Morgan fingerprint density at radius 3 is 2.00 bits per heavy atom. The van der Waals surface area contributed by atoms with Gasteiger partial charge in [-0.05, 0) is 36.5 Å². The van der Waals surface area contributed by atoms with E-state index in [9.17, 15) is 0 Å². The van der Waals surface area contributed by atoms with Crippen LogP contribution < -0.4 is 0 Å². The Morgan fingerprint density at radius 1 is 0.800 bits per heavy atom. The molecule has 0 saturated heterocycles. The minimum atomic E-state index is 1.14. The zero-order valence-electron chi connectivity index (χ0n) is 13.7. The second-order valence-corrected chi connectivity index (χ2v) is 5.96. The van der Waals surface area contributed by atoms with Crippen LogP contribution in [0.2, 0.25) is 0 Å². The van der Waals surface area contributed by atoms with Crippen molar-refractivity contribution in [2.45, 2.75) is 90.9 Å². The lowest BCUT2D eigenvalue weighted by molar-refractivity contribution is 0.556. The summed E-state index contributed by atoms with van der Waals surface area (Å²) in [6.07, 6.45) is 16.5. The molecule has 1 rings (SSSR count). The first-order valence-electron chi connectivity index (χ1n) is 8.87. The Labute approximate surface area is 127 Å². The number of benzene rings is 1. The maximum Gasteiger partial charge on any atom is -0.0146 e. The second kappa shape index (κ2) is 12.0. The number of hydrogen-bond acceptors (Lipinski definition) is 0. The smallest absolute Gasteiger partial charge is 0.0146 e. The summed E-state index contributed by atoms with van der Waals surface area (Å²) < 4.78 is 0. The molecule has 113 valence electrons. The Hall–Kier alpha value is -0.780. The zero-order valence-corrected chi connectivity index (χ0v) is 13.7. The first-order chi connectivity index (χ1) is 9.88. The lowest BCUT2D eigenvalue weighted by Crippen LogP contribution is -1.93. The van der Waals surface area contributed by atoms with Crippen molar-refractivity contribution in [3.8, 4) is 0 Å². The van der Waals surface area contributed by atoms with Crippen molar-refractivity contribution in [1.29, 1.82) is 0 Å². The fourth-order valence-electron chi connectivity index (χ4n) is 2.86. The van der Waals surface area contributed by atoms with Gasteiger partial charge in [0, 0.05) is 0 Å². The molecule has 20 heavy (non-hydrogen) atoms. The van der Waals surface area contributed by atoms with E-state index in [2.05, 4.69) is 38.1 Å². The normalized spacial score (nSPS) is 10.9. The van der Waals surface area contributed by atoms with Gasteiger partial charge in [-0.1, -0.05) is 89.8 Å². The molecule has 0 aromatic heterocycles. The van der Waals surface area contributed by atoms with Gasteiger partial charge < -0.3 is 0 Å². The molecule has 0 bridgehead atoms. The monoisotopic (exact) mass is 273 g/mol. The van der Waals surface area contributed by atoms with E-state index in [0.29, 0.717) is 0 Å². The molecule has 0 nitrogen and oxygen atoms in total. The number of rotatable bonds is 12. The van der Waals surface area contributed by atoms with Gasteiger partial charge in [-0.2, -0.15) is 0 Å². The van der Waals surface area contributed by atoms with Crippen molar-refractivity contribution in [3.63, 3.8) is 0 Å². The third-order valence-corrected chi connectivity index (χ3v) is 4.20. The molecular formula is C20H33. The molecule has 0 aliphatic rings. The molecule has 0 N–H and O–H groups in total. The van der Waals surface area contributed by atoms with E-state index in [1.54, 1.807) is 0 Å². The summed E-state index contributed by atoms with van der Waals surface area (Å²) in [6, 6.07) is 9.84. The Morgan fingerprint density at radius 2 is 1.40 bits per heavy atom. The molecule has 0 aliphatic heterocycles. The Bertz CT molecular complexity index is 327. The largest absolute Gasteiger partial charge is 0.0654 e. The molecule has 1 aromatic carbocycles. The van der Waals surface area contributed by atoms with Crippen molar-refractivity contribution >= 4 is 0 Å². The molecule has 0 heterocycles. The molecule has 0 unspecified atom stereocenters. The van der Waals surface area contributed by atoms with Crippen LogP contribution in [0.5, 0.6) is 0 Å². The van der Waals surface area contributed by atoms with E-state index in [1.807, 2.05) is 0 Å². The molecule has 0 amide bonds. The highest BCUT2D eigenvalue weighted by atomic mass is 14.0. The highest BCUT2D eigenvalue weighted by Gasteiger charge is 1.99. The lowest BCUT2D eigenvalue weighted by Gasteiger charge is -2.07. The van der Waals surface area contributed by atoms with Crippen molar-refractivity contribution in [1.82, 2.24) is 0 Å². The fourth-order valence-corrected chi connectivity index (χ4v) is 2.86. The number of aryl methyl sites for hydroxylation is 2. The SMILES string of the molecule is CCCCCCCCCCCCc1[c]cccc1CC. The summed E-state index contributed by atoms with van der Waals surface area (Å²) in [4.78, 5) is 0. The summed E-state index contributed by atoms with van der Waals surface area (Å²) in [5.41, 5.74) is 2.94. The van der Waals surface area contributed by atoms with Gasteiger partial charge >= 0.3 is 0 Å². The highest BCUT2D eigenvalue weighted by Crippen LogP contribution is 2.15. The molecule has 0 aliphatic carbocycles. The summed E-state index contributed by atoms with van der Waals surface area (Å²) in [6.45, 7) is 4.53. The van der Waals surface area contributed by atoms with Crippen molar-refractivity contribution < 1.29 is 0 Å².